The van der Waals surface area contributed by atoms with Gasteiger partial charge in [0.15, 0.2) is 5.76 Å². The molecule has 0 unspecified atom stereocenters. The normalized spacial score (nSPS) is 18.9. The smallest absolute Gasteiger partial charge is 0.231 e. The van der Waals surface area contributed by atoms with Gasteiger partial charge in [0.2, 0.25) is 5.78 Å². The van der Waals surface area contributed by atoms with Gasteiger partial charge in [-0.15, -0.1) is 0 Å². The number of ether oxygens (including phenoxy) is 1. The lowest BCUT2D eigenvalue weighted by Crippen LogP contribution is -2.45. The molecule has 0 aromatic heterocycles. The molecule has 1 saturated heterocycles. The van der Waals surface area contributed by atoms with E-state index in [9.17, 15) is 14.3 Å². The monoisotopic (exact) mass is 416 g/mol. The molecule has 2 aromatic rings. The molecule has 5 nitrogen and oxygen atoms in total. The Morgan fingerprint density at radius 2 is 1.90 bits per heavy atom. The highest BCUT2D eigenvalue weighted by Gasteiger charge is 2.32. The summed E-state index contributed by atoms with van der Waals surface area (Å²) in [5, 5.41) is 10.6. The number of aromatic hydroxyl groups is 1. The Balaban J connectivity index is 1.62. The Bertz CT molecular complexity index is 964. The quantitative estimate of drug-likeness (QED) is 0.765. The maximum atomic E-state index is 14.1. The van der Waals surface area contributed by atoms with Gasteiger partial charge in [-0.1, -0.05) is 24.6 Å². The van der Waals surface area contributed by atoms with Crippen LogP contribution in [0, 0.1) is 5.82 Å². The summed E-state index contributed by atoms with van der Waals surface area (Å²) < 4.78 is 19.9. The van der Waals surface area contributed by atoms with Crippen molar-refractivity contribution in [3.63, 3.8) is 0 Å². The molecule has 2 aliphatic heterocycles. The molecule has 4 rings (SSSR count). The highest BCUT2D eigenvalue weighted by Crippen LogP contribution is 2.40. The van der Waals surface area contributed by atoms with Crippen molar-refractivity contribution in [1.82, 2.24) is 9.80 Å². The van der Waals surface area contributed by atoms with E-state index in [2.05, 4.69) is 16.7 Å². The summed E-state index contributed by atoms with van der Waals surface area (Å²) in [6.07, 6.45) is 1.32. The van der Waals surface area contributed by atoms with Gasteiger partial charge in [-0.05, 0) is 36.9 Å². The Labute approximate surface area is 173 Å². The Morgan fingerprint density at radius 1 is 1.17 bits per heavy atom. The minimum absolute atomic E-state index is 0.00495. The fourth-order valence-electron chi connectivity index (χ4n) is 3.72. The SMILES string of the molecule is CCN1CCN(Cc2c(O)ccc3c2O/C(=C/c2c(F)cccc2Cl)C3=O)CC1. The molecule has 152 valence electrons. The van der Waals surface area contributed by atoms with E-state index in [0.29, 0.717) is 23.4 Å². The Hall–Kier alpha value is -2.41. The molecule has 0 saturated carbocycles. The summed E-state index contributed by atoms with van der Waals surface area (Å²) in [5.41, 5.74) is 1.04. The molecule has 2 aliphatic rings. The van der Waals surface area contributed by atoms with E-state index in [-0.39, 0.29) is 27.9 Å². The van der Waals surface area contributed by atoms with Crippen molar-refractivity contribution in [2.45, 2.75) is 13.5 Å². The summed E-state index contributed by atoms with van der Waals surface area (Å²) in [7, 11) is 0. The second kappa shape index (κ2) is 8.14. The number of likely N-dealkylation sites (N-methyl/N-ethyl adjacent to an activating group) is 1. The molecule has 29 heavy (non-hydrogen) atoms. The van der Waals surface area contributed by atoms with Crippen molar-refractivity contribution < 1.29 is 19.0 Å². The van der Waals surface area contributed by atoms with E-state index in [0.717, 1.165) is 32.7 Å². The van der Waals surface area contributed by atoms with Crippen LogP contribution >= 0.6 is 11.6 Å². The summed E-state index contributed by atoms with van der Waals surface area (Å²) in [6, 6.07) is 7.38. The van der Waals surface area contributed by atoms with E-state index in [1.165, 1.54) is 30.3 Å². The van der Waals surface area contributed by atoms with Crippen molar-refractivity contribution in [1.29, 1.82) is 0 Å². The van der Waals surface area contributed by atoms with E-state index in [1.54, 1.807) is 6.07 Å². The van der Waals surface area contributed by atoms with E-state index in [4.69, 9.17) is 16.3 Å². The zero-order valence-corrected chi connectivity index (χ0v) is 16.9. The van der Waals surface area contributed by atoms with Crippen LogP contribution in [0.1, 0.15) is 28.4 Å². The number of phenolic OH excluding ortho intramolecular Hbond substituents is 1. The fourth-order valence-corrected chi connectivity index (χ4v) is 3.93. The highest BCUT2D eigenvalue weighted by atomic mass is 35.5. The standard InChI is InChI=1S/C22H22ClFN2O3/c1-2-25-8-10-26(11-9-25)13-16-19(27)7-6-14-21(28)20(29-22(14)16)12-15-17(23)4-3-5-18(15)24/h3-7,12,27H,2,8-11,13H2,1H3/b20-12+. The van der Waals surface area contributed by atoms with Gasteiger partial charge in [-0.2, -0.15) is 0 Å². The van der Waals surface area contributed by atoms with Crippen molar-refractivity contribution in [2.75, 3.05) is 32.7 Å². The van der Waals surface area contributed by atoms with Crippen LogP contribution in [0.25, 0.3) is 6.08 Å². The summed E-state index contributed by atoms with van der Waals surface area (Å²) in [5.74, 6) is -0.466. The van der Waals surface area contributed by atoms with Crippen LogP contribution in [-0.4, -0.2) is 53.4 Å². The molecular weight excluding hydrogens is 395 g/mol. The first kappa shape index (κ1) is 19.9. The van der Waals surface area contributed by atoms with Gasteiger partial charge >= 0.3 is 0 Å². The number of ketones is 1. The third-order valence-electron chi connectivity index (χ3n) is 5.49. The fraction of sp³-hybridized carbons (Fsp3) is 0.318. The van der Waals surface area contributed by atoms with Gasteiger partial charge in [0, 0.05) is 38.3 Å². The second-order valence-electron chi connectivity index (χ2n) is 7.23. The van der Waals surface area contributed by atoms with Gasteiger partial charge in [-0.25, -0.2) is 4.39 Å². The van der Waals surface area contributed by atoms with Gasteiger partial charge in [0.25, 0.3) is 0 Å². The largest absolute Gasteiger partial charge is 0.507 e. The first-order valence-corrected chi connectivity index (χ1v) is 10.0. The number of carbonyl (C=O) groups excluding carboxylic acids is 1. The minimum Gasteiger partial charge on any atom is -0.507 e. The topological polar surface area (TPSA) is 53.0 Å². The zero-order valence-electron chi connectivity index (χ0n) is 16.1. The third-order valence-corrected chi connectivity index (χ3v) is 5.81. The third kappa shape index (κ3) is 3.88. The van der Waals surface area contributed by atoms with Gasteiger partial charge in [0.05, 0.1) is 16.1 Å². The molecule has 0 amide bonds. The number of phenols is 1. The van der Waals surface area contributed by atoms with Crippen LogP contribution in [0.3, 0.4) is 0 Å². The number of rotatable bonds is 4. The number of allylic oxidation sites excluding steroid dienone is 1. The van der Waals surface area contributed by atoms with E-state index >= 15 is 0 Å². The minimum atomic E-state index is -0.533. The number of fused-ring (bicyclic) bond motifs is 1. The molecule has 2 heterocycles. The van der Waals surface area contributed by atoms with Crippen molar-refractivity contribution in [2.24, 2.45) is 0 Å². The molecule has 1 N–H and O–H groups in total. The number of carbonyl (C=O) groups is 1. The van der Waals surface area contributed by atoms with Crippen LogP contribution in [0.15, 0.2) is 36.1 Å². The maximum Gasteiger partial charge on any atom is 0.231 e. The predicted octanol–water partition coefficient (Wildman–Crippen LogP) is 3.94. The van der Waals surface area contributed by atoms with Gasteiger partial charge in [0.1, 0.15) is 17.3 Å². The molecule has 7 heteroatoms. The van der Waals surface area contributed by atoms with Crippen LogP contribution in [-0.2, 0) is 6.54 Å². The van der Waals surface area contributed by atoms with Crippen molar-refractivity contribution in [3.8, 4) is 11.5 Å². The average molecular weight is 417 g/mol. The van der Waals surface area contributed by atoms with Crippen LogP contribution < -0.4 is 4.74 Å². The highest BCUT2D eigenvalue weighted by molar-refractivity contribution is 6.32. The number of piperazine rings is 1. The van der Waals surface area contributed by atoms with Crippen LogP contribution in [0.5, 0.6) is 11.5 Å². The number of hydrogen-bond acceptors (Lipinski definition) is 5. The lowest BCUT2D eigenvalue weighted by Gasteiger charge is -2.34. The first-order chi connectivity index (χ1) is 14.0. The molecule has 0 atom stereocenters. The summed E-state index contributed by atoms with van der Waals surface area (Å²) in [4.78, 5) is 17.4. The molecule has 0 radical (unpaired) electrons. The average Bonchev–Trinajstić information content (AvgIpc) is 3.03. The number of hydrogen-bond donors (Lipinski definition) is 1. The van der Waals surface area contributed by atoms with E-state index in [1.807, 2.05) is 0 Å². The summed E-state index contributed by atoms with van der Waals surface area (Å²) in [6.45, 7) is 7.31. The molecule has 0 bridgehead atoms. The number of nitrogens with zero attached hydrogens (tertiary/aromatic N) is 2. The van der Waals surface area contributed by atoms with E-state index < -0.39 is 5.82 Å². The van der Waals surface area contributed by atoms with Crippen LogP contribution in [0.2, 0.25) is 5.02 Å². The summed E-state index contributed by atoms with van der Waals surface area (Å²) >= 11 is 6.07. The lowest BCUT2D eigenvalue weighted by molar-refractivity contribution is 0.101. The lowest BCUT2D eigenvalue weighted by atomic mass is 10.0. The van der Waals surface area contributed by atoms with Gasteiger partial charge in [-0.3, -0.25) is 9.69 Å². The predicted molar refractivity (Wildman–Crippen MR) is 110 cm³/mol. The van der Waals surface area contributed by atoms with Crippen molar-refractivity contribution in [3.05, 3.63) is 63.6 Å². The maximum absolute atomic E-state index is 14.1. The van der Waals surface area contributed by atoms with Crippen molar-refractivity contribution >= 4 is 23.5 Å². The number of halogens is 2. The number of benzene rings is 2. The van der Waals surface area contributed by atoms with Crippen LogP contribution in [0.4, 0.5) is 4.39 Å². The Kier molecular flexibility index (Phi) is 5.58. The molecular formula is C22H22ClFN2O3. The second-order valence-corrected chi connectivity index (χ2v) is 7.63. The molecule has 2 aromatic carbocycles. The van der Waals surface area contributed by atoms with Gasteiger partial charge < -0.3 is 14.7 Å². The first-order valence-electron chi connectivity index (χ1n) is 9.65. The number of Topliss-reactive ketones (excluding diaryl/α,β-unsaturated/α-hetero) is 1. The zero-order chi connectivity index (χ0) is 20.5. The molecule has 0 aliphatic carbocycles. The molecule has 0 spiro atoms. The Morgan fingerprint density at radius 3 is 2.59 bits per heavy atom. The molecule has 1 fully saturated rings.